The average molecular weight is 282 g/mol. The van der Waals surface area contributed by atoms with Crippen molar-refractivity contribution in [2.24, 2.45) is 5.10 Å². The summed E-state index contributed by atoms with van der Waals surface area (Å²) in [5.41, 5.74) is 5.03. The van der Waals surface area contributed by atoms with Gasteiger partial charge in [-0.05, 0) is 38.1 Å². The second-order valence-corrected chi connectivity index (χ2v) is 4.54. The number of carbonyl (C=O) groups is 1. The molecule has 0 aromatic heterocycles. The van der Waals surface area contributed by atoms with Crippen molar-refractivity contribution in [3.05, 3.63) is 65.2 Å². The second-order valence-electron chi connectivity index (χ2n) is 4.54. The molecule has 0 unspecified atom stereocenters. The molecule has 0 saturated heterocycles. The fourth-order valence-corrected chi connectivity index (χ4v) is 1.80. The smallest absolute Gasteiger partial charge is 0.271 e. The van der Waals surface area contributed by atoms with Gasteiger partial charge in [0.2, 0.25) is 0 Å². The lowest BCUT2D eigenvalue weighted by atomic mass is 10.1. The van der Waals surface area contributed by atoms with Gasteiger partial charge in [0, 0.05) is 11.1 Å². The van der Waals surface area contributed by atoms with Crippen LogP contribution in [0.1, 0.15) is 28.4 Å². The largest absolute Gasteiger partial charge is 0.493 e. The molecule has 0 aliphatic rings. The molecule has 0 radical (unpaired) electrons. The van der Waals surface area contributed by atoms with Crippen LogP contribution >= 0.6 is 0 Å². The van der Waals surface area contributed by atoms with Gasteiger partial charge in [-0.1, -0.05) is 29.8 Å². The van der Waals surface area contributed by atoms with Gasteiger partial charge in [-0.3, -0.25) is 4.79 Å². The van der Waals surface area contributed by atoms with E-state index in [1.54, 1.807) is 18.3 Å². The lowest BCUT2D eigenvalue weighted by molar-refractivity contribution is 0.0955. The van der Waals surface area contributed by atoms with E-state index in [0.29, 0.717) is 12.2 Å². The van der Waals surface area contributed by atoms with Gasteiger partial charge in [-0.2, -0.15) is 5.10 Å². The molecule has 0 atom stereocenters. The zero-order valence-electron chi connectivity index (χ0n) is 12.2. The molecule has 2 aromatic rings. The van der Waals surface area contributed by atoms with Crippen LogP contribution in [-0.2, 0) is 0 Å². The highest BCUT2D eigenvalue weighted by Crippen LogP contribution is 2.15. The van der Waals surface area contributed by atoms with Gasteiger partial charge in [0.25, 0.3) is 5.91 Å². The van der Waals surface area contributed by atoms with Crippen molar-refractivity contribution in [2.75, 3.05) is 6.61 Å². The molecule has 0 aliphatic heterocycles. The van der Waals surface area contributed by atoms with Crippen molar-refractivity contribution in [3.8, 4) is 5.75 Å². The van der Waals surface area contributed by atoms with E-state index in [-0.39, 0.29) is 5.91 Å². The van der Waals surface area contributed by atoms with Crippen LogP contribution in [0.4, 0.5) is 0 Å². The molecule has 0 aliphatic carbocycles. The molecule has 1 amide bonds. The third kappa shape index (κ3) is 4.18. The molecule has 0 fully saturated rings. The second kappa shape index (κ2) is 7.24. The summed E-state index contributed by atoms with van der Waals surface area (Å²) in [7, 11) is 0. The van der Waals surface area contributed by atoms with Gasteiger partial charge in [0.15, 0.2) is 0 Å². The molecule has 4 nitrogen and oxygen atoms in total. The van der Waals surface area contributed by atoms with Gasteiger partial charge < -0.3 is 4.74 Å². The summed E-state index contributed by atoms with van der Waals surface area (Å²) in [4.78, 5) is 11.9. The number of nitrogens with zero attached hydrogens (tertiary/aromatic N) is 1. The fourth-order valence-electron chi connectivity index (χ4n) is 1.80. The van der Waals surface area contributed by atoms with Gasteiger partial charge in [0.05, 0.1) is 12.8 Å². The standard InChI is InChI=1S/C17H18N2O2/c1-3-21-16-7-5-4-6-15(16)12-18-19-17(20)14-10-8-13(2)9-11-14/h4-12H,3H2,1-2H3,(H,19,20)/b18-12-. The minimum absolute atomic E-state index is 0.236. The Hall–Kier alpha value is -2.62. The molecular weight excluding hydrogens is 264 g/mol. The molecule has 21 heavy (non-hydrogen) atoms. The number of hydrogen-bond donors (Lipinski definition) is 1. The van der Waals surface area contributed by atoms with Crippen LogP contribution in [0, 0.1) is 6.92 Å². The third-order valence-electron chi connectivity index (χ3n) is 2.90. The summed E-state index contributed by atoms with van der Waals surface area (Å²) >= 11 is 0. The quantitative estimate of drug-likeness (QED) is 0.676. The monoisotopic (exact) mass is 282 g/mol. The van der Waals surface area contributed by atoms with Crippen molar-refractivity contribution >= 4 is 12.1 Å². The number of carbonyl (C=O) groups excluding carboxylic acids is 1. The van der Waals surface area contributed by atoms with E-state index >= 15 is 0 Å². The molecule has 0 saturated carbocycles. The molecule has 108 valence electrons. The molecule has 4 heteroatoms. The van der Waals surface area contributed by atoms with Gasteiger partial charge >= 0.3 is 0 Å². The van der Waals surface area contributed by atoms with E-state index in [9.17, 15) is 4.79 Å². The Kier molecular flexibility index (Phi) is 5.10. The number of hydrazone groups is 1. The SMILES string of the molecule is CCOc1ccccc1/C=N\NC(=O)c1ccc(C)cc1. The van der Waals surface area contributed by atoms with Crippen LogP contribution in [0.15, 0.2) is 53.6 Å². The Morgan fingerprint density at radius 3 is 2.62 bits per heavy atom. The van der Waals surface area contributed by atoms with Gasteiger partial charge in [-0.15, -0.1) is 0 Å². The maximum atomic E-state index is 11.9. The lowest BCUT2D eigenvalue weighted by Gasteiger charge is -2.06. The highest BCUT2D eigenvalue weighted by Gasteiger charge is 2.03. The van der Waals surface area contributed by atoms with Gasteiger partial charge in [0.1, 0.15) is 5.75 Å². The molecular formula is C17H18N2O2. The van der Waals surface area contributed by atoms with E-state index in [1.807, 2.05) is 50.2 Å². The molecule has 2 rings (SSSR count). The van der Waals surface area contributed by atoms with E-state index in [4.69, 9.17) is 4.74 Å². The summed E-state index contributed by atoms with van der Waals surface area (Å²) in [5, 5.41) is 3.98. The average Bonchev–Trinajstić information content (AvgIpc) is 2.50. The number of amides is 1. The van der Waals surface area contributed by atoms with Gasteiger partial charge in [-0.25, -0.2) is 5.43 Å². The number of rotatable bonds is 5. The summed E-state index contributed by atoms with van der Waals surface area (Å²) in [5.74, 6) is 0.508. The number of para-hydroxylation sites is 1. The molecule has 0 bridgehead atoms. The number of aryl methyl sites for hydroxylation is 1. The Balaban J connectivity index is 2.02. The van der Waals surface area contributed by atoms with Crippen LogP contribution in [0.3, 0.4) is 0 Å². The number of nitrogens with one attached hydrogen (secondary N) is 1. The van der Waals surface area contributed by atoms with Crippen molar-refractivity contribution < 1.29 is 9.53 Å². The van der Waals surface area contributed by atoms with Crippen LogP contribution in [-0.4, -0.2) is 18.7 Å². The van der Waals surface area contributed by atoms with Crippen molar-refractivity contribution in [3.63, 3.8) is 0 Å². The first kappa shape index (κ1) is 14.8. The third-order valence-corrected chi connectivity index (χ3v) is 2.90. The molecule has 0 heterocycles. The predicted octanol–water partition coefficient (Wildman–Crippen LogP) is 3.16. The van der Waals surface area contributed by atoms with E-state index in [1.165, 1.54) is 0 Å². The van der Waals surface area contributed by atoms with Crippen LogP contribution in [0.5, 0.6) is 5.75 Å². The van der Waals surface area contributed by atoms with Crippen molar-refractivity contribution in [1.82, 2.24) is 5.43 Å². The maximum absolute atomic E-state index is 11.9. The topological polar surface area (TPSA) is 50.7 Å². The minimum atomic E-state index is -0.236. The van der Waals surface area contributed by atoms with E-state index in [0.717, 1.165) is 16.9 Å². The Bertz CT molecular complexity index is 633. The molecule has 2 aromatic carbocycles. The highest BCUT2D eigenvalue weighted by molar-refractivity contribution is 5.95. The summed E-state index contributed by atoms with van der Waals surface area (Å²) in [6.07, 6.45) is 1.58. The van der Waals surface area contributed by atoms with E-state index < -0.39 is 0 Å². The zero-order valence-corrected chi connectivity index (χ0v) is 12.2. The Morgan fingerprint density at radius 1 is 1.19 bits per heavy atom. The fraction of sp³-hybridized carbons (Fsp3) is 0.176. The number of hydrogen-bond acceptors (Lipinski definition) is 3. The highest BCUT2D eigenvalue weighted by atomic mass is 16.5. The Morgan fingerprint density at radius 2 is 1.90 bits per heavy atom. The van der Waals surface area contributed by atoms with Crippen LogP contribution in [0.25, 0.3) is 0 Å². The van der Waals surface area contributed by atoms with Crippen LogP contribution in [0.2, 0.25) is 0 Å². The zero-order chi connectivity index (χ0) is 15.1. The maximum Gasteiger partial charge on any atom is 0.271 e. The lowest BCUT2D eigenvalue weighted by Crippen LogP contribution is -2.17. The first-order chi connectivity index (χ1) is 10.2. The number of ether oxygens (including phenoxy) is 1. The van der Waals surface area contributed by atoms with E-state index in [2.05, 4.69) is 10.5 Å². The molecule has 1 N–H and O–H groups in total. The van der Waals surface area contributed by atoms with Crippen molar-refractivity contribution in [1.29, 1.82) is 0 Å². The first-order valence-electron chi connectivity index (χ1n) is 6.82. The summed E-state index contributed by atoms with van der Waals surface area (Å²) in [6, 6.07) is 14.9. The minimum Gasteiger partial charge on any atom is -0.493 e. The summed E-state index contributed by atoms with van der Waals surface area (Å²) in [6.45, 7) is 4.48. The van der Waals surface area contributed by atoms with Crippen molar-refractivity contribution in [2.45, 2.75) is 13.8 Å². The number of benzene rings is 2. The molecule has 0 spiro atoms. The normalized spacial score (nSPS) is 10.6. The predicted molar refractivity (Wildman–Crippen MR) is 83.9 cm³/mol. The summed E-state index contributed by atoms with van der Waals surface area (Å²) < 4.78 is 5.49. The Labute approximate surface area is 124 Å². The van der Waals surface area contributed by atoms with Crippen LogP contribution < -0.4 is 10.2 Å². The first-order valence-corrected chi connectivity index (χ1v) is 6.82.